The Morgan fingerprint density at radius 3 is 2.65 bits per heavy atom. The molecule has 0 aromatic carbocycles. The van der Waals surface area contributed by atoms with E-state index in [9.17, 15) is 9.59 Å². The minimum absolute atomic E-state index is 0.147. The third-order valence-corrected chi connectivity index (χ3v) is 2.41. The van der Waals surface area contributed by atoms with Gasteiger partial charge in [-0.2, -0.15) is 0 Å². The highest BCUT2D eigenvalue weighted by molar-refractivity contribution is 5.78. The summed E-state index contributed by atoms with van der Waals surface area (Å²) in [5, 5.41) is 11.4. The number of aliphatic hydroxyl groups excluding tert-OH is 1. The summed E-state index contributed by atoms with van der Waals surface area (Å²) in [5.41, 5.74) is 0. The minimum atomic E-state index is -0.378. The highest BCUT2D eigenvalue weighted by atomic mass is 16.5. The Morgan fingerprint density at radius 2 is 2.06 bits per heavy atom. The second-order valence-electron chi connectivity index (χ2n) is 3.98. The molecule has 0 radical (unpaired) electrons. The van der Waals surface area contributed by atoms with Crippen molar-refractivity contribution in [2.75, 3.05) is 26.4 Å². The topological polar surface area (TPSA) is 75.6 Å². The summed E-state index contributed by atoms with van der Waals surface area (Å²) in [6.07, 6.45) is 1.87. The second-order valence-corrected chi connectivity index (χ2v) is 3.98. The van der Waals surface area contributed by atoms with Crippen molar-refractivity contribution in [2.45, 2.75) is 33.1 Å². The van der Waals surface area contributed by atoms with Crippen molar-refractivity contribution in [3.8, 4) is 0 Å². The number of carbonyl (C=O) groups excluding carboxylic acids is 2. The molecule has 0 heterocycles. The fourth-order valence-electron chi connectivity index (χ4n) is 1.15. The Balaban J connectivity index is 3.29. The molecule has 0 fully saturated rings. The Hall–Kier alpha value is -0.940. The molecule has 0 bridgehead atoms. The van der Waals surface area contributed by atoms with Gasteiger partial charge in [0.25, 0.3) is 0 Å². The number of amides is 1. The maximum atomic E-state index is 11.2. The van der Waals surface area contributed by atoms with Crippen LogP contribution in [-0.4, -0.2) is 43.2 Å². The molecule has 0 aliphatic rings. The predicted octanol–water partition coefficient (Wildman–Crippen LogP) is 0.507. The molecule has 2 N–H and O–H groups in total. The Labute approximate surface area is 103 Å². The van der Waals surface area contributed by atoms with Crippen LogP contribution < -0.4 is 5.32 Å². The molecule has 0 saturated carbocycles. The molecule has 17 heavy (non-hydrogen) atoms. The van der Waals surface area contributed by atoms with Gasteiger partial charge < -0.3 is 15.2 Å². The van der Waals surface area contributed by atoms with Gasteiger partial charge in [0.2, 0.25) is 5.91 Å². The molecule has 0 aromatic heterocycles. The smallest absolute Gasteiger partial charge is 0.225 e. The van der Waals surface area contributed by atoms with Crippen molar-refractivity contribution in [3.05, 3.63) is 0 Å². The highest BCUT2D eigenvalue weighted by Gasteiger charge is 2.09. The van der Waals surface area contributed by atoms with Crippen molar-refractivity contribution in [1.82, 2.24) is 5.32 Å². The van der Waals surface area contributed by atoms with Crippen molar-refractivity contribution in [1.29, 1.82) is 0 Å². The van der Waals surface area contributed by atoms with E-state index in [0.717, 1.165) is 6.42 Å². The lowest BCUT2D eigenvalue weighted by Gasteiger charge is -2.09. The monoisotopic (exact) mass is 245 g/mol. The second kappa shape index (κ2) is 10.2. The van der Waals surface area contributed by atoms with Crippen LogP contribution in [0.2, 0.25) is 0 Å². The first-order chi connectivity index (χ1) is 8.11. The van der Waals surface area contributed by atoms with E-state index in [1.807, 2.05) is 6.92 Å². The van der Waals surface area contributed by atoms with Crippen LogP contribution in [0.4, 0.5) is 0 Å². The van der Waals surface area contributed by atoms with Crippen molar-refractivity contribution in [2.24, 2.45) is 5.92 Å². The molecule has 100 valence electrons. The molecule has 1 amide bonds. The number of ether oxygens (including phenoxy) is 1. The van der Waals surface area contributed by atoms with Crippen LogP contribution in [0.15, 0.2) is 0 Å². The summed E-state index contributed by atoms with van der Waals surface area (Å²) in [4.78, 5) is 22.2. The van der Waals surface area contributed by atoms with Gasteiger partial charge in [0.1, 0.15) is 5.78 Å². The van der Waals surface area contributed by atoms with Crippen molar-refractivity contribution >= 4 is 11.7 Å². The highest BCUT2D eigenvalue weighted by Crippen LogP contribution is 1.95. The molecule has 5 heteroatoms. The minimum Gasteiger partial charge on any atom is -0.396 e. The van der Waals surface area contributed by atoms with E-state index in [4.69, 9.17) is 9.84 Å². The molecule has 0 spiro atoms. The SMILES string of the molecule is CCC(=O)CCCOCCNC(=O)C(C)CO. The van der Waals surface area contributed by atoms with Gasteiger partial charge in [-0.3, -0.25) is 9.59 Å². The van der Waals surface area contributed by atoms with E-state index in [0.29, 0.717) is 32.6 Å². The molecular formula is C12H23NO4. The van der Waals surface area contributed by atoms with Crippen LogP contribution in [0, 0.1) is 5.92 Å². The molecule has 1 atom stereocenters. The van der Waals surface area contributed by atoms with E-state index in [-0.39, 0.29) is 24.2 Å². The Morgan fingerprint density at radius 1 is 1.35 bits per heavy atom. The molecule has 1 unspecified atom stereocenters. The van der Waals surface area contributed by atoms with Gasteiger partial charge in [-0.1, -0.05) is 13.8 Å². The number of rotatable bonds is 10. The predicted molar refractivity (Wildman–Crippen MR) is 64.6 cm³/mol. The lowest BCUT2D eigenvalue weighted by atomic mass is 10.2. The van der Waals surface area contributed by atoms with Gasteiger partial charge in [0.15, 0.2) is 0 Å². The van der Waals surface area contributed by atoms with Gasteiger partial charge in [-0.05, 0) is 6.42 Å². The van der Waals surface area contributed by atoms with E-state index in [2.05, 4.69) is 5.32 Å². The lowest BCUT2D eigenvalue weighted by molar-refractivity contribution is -0.125. The molecule has 0 rings (SSSR count). The molecular weight excluding hydrogens is 222 g/mol. The van der Waals surface area contributed by atoms with Crippen molar-refractivity contribution in [3.63, 3.8) is 0 Å². The first-order valence-corrected chi connectivity index (χ1v) is 6.09. The summed E-state index contributed by atoms with van der Waals surface area (Å²) in [5.74, 6) is -0.298. The van der Waals surface area contributed by atoms with Gasteiger partial charge >= 0.3 is 0 Å². The number of ketones is 1. The van der Waals surface area contributed by atoms with Crippen LogP contribution >= 0.6 is 0 Å². The summed E-state index contributed by atoms with van der Waals surface area (Å²) in [6.45, 7) is 4.77. The summed E-state index contributed by atoms with van der Waals surface area (Å²) in [7, 11) is 0. The maximum absolute atomic E-state index is 11.2. The van der Waals surface area contributed by atoms with Crippen LogP contribution in [0.5, 0.6) is 0 Å². The average molecular weight is 245 g/mol. The average Bonchev–Trinajstić information content (AvgIpc) is 2.35. The van der Waals surface area contributed by atoms with Crippen LogP contribution in [-0.2, 0) is 14.3 Å². The number of aliphatic hydroxyl groups is 1. The Kier molecular flexibility index (Phi) is 9.66. The lowest BCUT2D eigenvalue weighted by Crippen LogP contribution is -2.33. The molecule has 0 saturated heterocycles. The van der Waals surface area contributed by atoms with Crippen molar-refractivity contribution < 1.29 is 19.4 Å². The fourth-order valence-corrected chi connectivity index (χ4v) is 1.15. The number of nitrogens with one attached hydrogen (secondary N) is 1. The summed E-state index contributed by atoms with van der Waals surface area (Å²) >= 11 is 0. The van der Waals surface area contributed by atoms with E-state index < -0.39 is 0 Å². The number of hydrogen-bond donors (Lipinski definition) is 2. The molecule has 0 aliphatic heterocycles. The quantitative estimate of drug-likeness (QED) is 0.550. The van der Waals surface area contributed by atoms with Crippen LogP contribution in [0.1, 0.15) is 33.1 Å². The standard InChI is InChI=1S/C12H23NO4/c1-3-11(15)5-4-7-17-8-6-13-12(16)10(2)9-14/h10,14H,3-9H2,1-2H3,(H,13,16). The number of Topliss-reactive ketones (excluding diaryl/α,β-unsaturated/α-hetero) is 1. The van der Waals surface area contributed by atoms with Crippen LogP contribution in [0.3, 0.4) is 0 Å². The fraction of sp³-hybridized carbons (Fsp3) is 0.833. The maximum Gasteiger partial charge on any atom is 0.225 e. The first kappa shape index (κ1) is 16.1. The zero-order valence-electron chi connectivity index (χ0n) is 10.7. The summed E-state index contributed by atoms with van der Waals surface area (Å²) < 4.78 is 5.26. The van der Waals surface area contributed by atoms with E-state index in [1.54, 1.807) is 6.92 Å². The van der Waals surface area contributed by atoms with E-state index in [1.165, 1.54) is 0 Å². The summed E-state index contributed by atoms with van der Waals surface area (Å²) in [6, 6.07) is 0. The third kappa shape index (κ3) is 8.83. The number of hydrogen-bond acceptors (Lipinski definition) is 4. The van der Waals surface area contributed by atoms with Gasteiger partial charge in [-0.25, -0.2) is 0 Å². The van der Waals surface area contributed by atoms with Crippen LogP contribution in [0.25, 0.3) is 0 Å². The Bertz CT molecular complexity index is 231. The molecule has 0 aliphatic carbocycles. The first-order valence-electron chi connectivity index (χ1n) is 6.09. The van der Waals surface area contributed by atoms with Gasteiger partial charge in [0.05, 0.1) is 19.1 Å². The normalized spacial score (nSPS) is 12.2. The van der Waals surface area contributed by atoms with E-state index >= 15 is 0 Å². The largest absolute Gasteiger partial charge is 0.396 e. The zero-order valence-corrected chi connectivity index (χ0v) is 10.7. The van der Waals surface area contributed by atoms with Gasteiger partial charge in [0, 0.05) is 26.0 Å². The van der Waals surface area contributed by atoms with Gasteiger partial charge in [-0.15, -0.1) is 0 Å². The zero-order chi connectivity index (χ0) is 13.1. The number of carbonyl (C=O) groups is 2. The third-order valence-electron chi connectivity index (χ3n) is 2.41. The molecule has 0 aromatic rings. The molecule has 5 nitrogen and oxygen atoms in total.